The molecular weight excluding hydrogens is 245 g/mol. The first-order chi connectivity index (χ1) is 8.54. The first-order valence-electron chi connectivity index (χ1n) is 5.18. The summed E-state index contributed by atoms with van der Waals surface area (Å²) in [4.78, 5) is 10.7. The Balaban J connectivity index is 2.40. The van der Waals surface area contributed by atoms with Crippen LogP contribution < -0.4 is 19.9 Å². The number of nitrogens with two attached hydrogens (primary N) is 1. The first-order valence-corrected chi connectivity index (χ1v) is 5.18. The molecular formula is C11H12FNO5. The predicted molar refractivity (Wildman–Crippen MR) is 58.4 cm³/mol. The number of halogens is 1. The van der Waals surface area contributed by atoms with Crippen molar-refractivity contribution in [1.29, 1.82) is 0 Å². The van der Waals surface area contributed by atoms with Crippen LogP contribution in [-0.4, -0.2) is 31.0 Å². The summed E-state index contributed by atoms with van der Waals surface area (Å²) in [6.07, 6.45) is -0.0634. The van der Waals surface area contributed by atoms with Crippen LogP contribution in [0.25, 0.3) is 0 Å². The quantitative estimate of drug-likeness (QED) is 0.817. The highest BCUT2D eigenvalue weighted by atomic mass is 19.1. The van der Waals surface area contributed by atoms with E-state index in [-0.39, 0.29) is 30.5 Å². The number of fused-ring (bicyclic) bond motifs is 1. The van der Waals surface area contributed by atoms with Crippen molar-refractivity contribution < 1.29 is 28.5 Å². The molecule has 18 heavy (non-hydrogen) atoms. The highest BCUT2D eigenvalue weighted by molar-refractivity contribution is 5.74. The van der Waals surface area contributed by atoms with Crippen LogP contribution in [0, 0.1) is 5.82 Å². The lowest BCUT2D eigenvalue weighted by molar-refractivity contribution is -0.138. The van der Waals surface area contributed by atoms with E-state index >= 15 is 0 Å². The van der Waals surface area contributed by atoms with Gasteiger partial charge in [-0.1, -0.05) is 0 Å². The van der Waals surface area contributed by atoms with Crippen molar-refractivity contribution >= 4 is 5.97 Å². The summed E-state index contributed by atoms with van der Waals surface area (Å²) in [5.41, 5.74) is 5.75. The van der Waals surface area contributed by atoms with Gasteiger partial charge < -0.3 is 25.1 Å². The van der Waals surface area contributed by atoms with Gasteiger partial charge in [-0.3, -0.25) is 4.79 Å². The molecule has 3 N–H and O–H groups in total. The Hall–Kier alpha value is -2.02. The van der Waals surface area contributed by atoms with E-state index in [0.29, 0.717) is 5.56 Å². The predicted octanol–water partition coefficient (Wildman–Crippen LogP) is 0.517. The second kappa shape index (κ2) is 4.69. The summed E-state index contributed by atoms with van der Waals surface area (Å²) in [6.45, 7) is -0.0795. The molecule has 7 heteroatoms. The second-order valence-electron chi connectivity index (χ2n) is 3.77. The molecule has 2 rings (SSSR count). The van der Waals surface area contributed by atoms with E-state index < -0.39 is 17.8 Å². The molecule has 0 amide bonds. The zero-order valence-corrected chi connectivity index (χ0v) is 9.60. The summed E-state index contributed by atoms with van der Waals surface area (Å²) >= 11 is 0. The minimum Gasteiger partial charge on any atom is -0.493 e. The standard InChI is InChI=1S/C11H12FNO5/c1-16-9-5(2-6(13)11(14)15)3-7-10(8(9)12)18-4-17-7/h3,6H,2,4,13H2,1H3,(H,14,15). The van der Waals surface area contributed by atoms with Crippen LogP contribution in [0.1, 0.15) is 5.56 Å². The van der Waals surface area contributed by atoms with Gasteiger partial charge in [0.25, 0.3) is 0 Å². The fourth-order valence-electron chi connectivity index (χ4n) is 1.73. The Morgan fingerprint density at radius 1 is 1.67 bits per heavy atom. The smallest absolute Gasteiger partial charge is 0.320 e. The molecule has 0 saturated heterocycles. The number of carboxylic acids is 1. The Kier molecular flexibility index (Phi) is 3.24. The van der Waals surface area contributed by atoms with Gasteiger partial charge in [0.1, 0.15) is 6.04 Å². The number of rotatable bonds is 4. The van der Waals surface area contributed by atoms with Gasteiger partial charge in [-0.25, -0.2) is 0 Å². The van der Waals surface area contributed by atoms with Gasteiger partial charge in [-0.2, -0.15) is 4.39 Å². The first kappa shape index (κ1) is 12.4. The van der Waals surface area contributed by atoms with Gasteiger partial charge in [0.2, 0.25) is 18.4 Å². The lowest BCUT2D eigenvalue weighted by Gasteiger charge is -2.13. The van der Waals surface area contributed by atoms with Gasteiger partial charge in [0, 0.05) is 12.0 Å². The molecule has 1 aromatic carbocycles. The zero-order chi connectivity index (χ0) is 13.3. The molecule has 1 heterocycles. The fourth-order valence-corrected chi connectivity index (χ4v) is 1.73. The maximum Gasteiger partial charge on any atom is 0.320 e. The zero-order valence-electron chi connectivity index (χ0n) is 9.60. The molecule has 1 aromatic rings. The van der Waals surface area contributed by atoms with E-state index in [1.165, 1.54) is 13.2 Å². The van der Waals surface area contributed by atoms with Crippen molar-refractivity contribution in [2.24, 2.45) is 5.73 Å². The van der Waals surface area contributed by atoms with Gasteiger partial charge in [-0.05, 0) is 6.07 Å². The summed E-state index contributed by atoms with van der Waals surface area (Å²) < 4.78 is 28.9. The number of carboxylic acid groups (broad SMARTS) is 1. The molecule has 0 fully saturated rings. The molecule has 0 aromatic heterocycles. The van der Waals surface area contributed by atoms with Crippen molar-refractivity contribution in [3.8, 4) is 17.2 Å². The van der Waals surface area contributed by atoms with Gasteiger partial charge in [-0.15, -0.1) is 0 Å². The summed E-state index contributed by atoms with van der Waals surface area (Å²) in [7, 11) is 1.29. The molecule has 6 nitrogen and oxygen atoms in total. The number of carbonyl (C=O) groups is 1. The second-order valence-corrected chi connectivity index (χ2v) is 3.77. The normalized spacial score (nSPS) is 14.4. The molecule has 0 saturated carbocycles. The summed E-state index contributed by atoms with van der Waals surface area (Å²) in [5.74, 6) is -1.76. The maximum atomic E-state index is 14.0. The van der Waals surface area contributed by atoms with E-state index in [1.807, 2.05) is 0 Å². The van der Waals surface area contributed by atoms with Crippen LogP contribution in [0.5, 0.6) is 17.2 Å². The van der Waals surface area contributed by atoms with Gasteiger partial charge >= 0.3 is 5.97 Å². The topological polar surface area (TPSA) is 91.0 Å². The molecule has 0 spiro atoms. The van der Waals surface area contributed by atoms with E-state index in [4.69, 9.17) is 25.1 Å². The highest BCUT2D eigenvalue weighted by Crippen LogP contribution is 2.42. The lowest BCUT2D eigenvalue weighted by atomic mass is 10.0. The molecule has 1 unspecified atom stereocenters. The maximum absolute atomic E-state index is 14.0. The highest BCUT2D eigenvalue weighted by Gasteiger charge is 2.27. The Morgan fingerprint density at radius 3 is 3.00 bits per heavy atom. The molecule has 0 bridgehead atoms. The third-order valence-electron chi connectivity index (χ3n) is 2.60. The number of hydrogen-bond acceptors (Lipinski definition) is 5. The number of ether oxygens (including phenoxy) is 3. The van der Waals surface area contributed by atoms with E-state index in [2.05, 4.69) is 0 Å². The minimum atomic E-state index is -1.17. The lowest BCUT2D eigenvalue weighted by Crippen LogP contribution is -2.32. The average Bonchev–Trinajstić information content (AvgIpc) is 2.77. The number of methoxy groups -OCH3 is 1. The van der Waals surface area contributed by atoms with Crippen molar-refractivity contribution in [3.63, 3.8) is 0 Å². The van der Waals surface area contributed by atoms with Crippen LogP contribution in [-0.2, 0) is 11.2 Å². The van der Waals surface area contributed by atoms with Gasteiger partial charge in [0.15, 0.2) is 11.5 Å². The van der Waals surface area contributed by atoms with E-state index in [1.54, 1.807) is 0 Å². The van der Waals surface area contributed by atoms with Crippen LogP contribution in [0.15, 0.2) is 6.07 Å². The molecule has 1 aliphatic heterocycles. The van der Waals surface area contributed by atoms with E-state index in [9.17, 15) is 9.18 Å². The van der Waals surface area contributed by atoms with E-state index in [0.717, 1.165) is 0 Å². The van der Waals surface area contributed by atoms with Crippen LogP contribution in [0.3, 0.4) is 0 Å². The monoisotopic (exact) mass is 257 g/mol. The third-order valence-corrected chi connectivity index (χ3v) is 2.60. The molecule has 1 aliphatic rings. The van der Waals surface area contributed by atoms with Crippen molar-refractivity contribution in [1.82, 2.24) is 0 Å². The molecule has 1 atom stereocenters. The SMILES string of the molecule is COc1c(CC(N)C(=O)O)cc2c(c1F)OCO2. The van der Waals surface area contributed by atoms with Crippen LogP contribution in [0.4, 0.5) is 4.39 Å². The molecule has 98 valence electrons. The van der Waals surface area contributed by atoms with Crippen LogP contribution >= 0.6 is 0 Å². The van der Waals surface area contributed by atoms with Crippen molar-refractivity contribution in [2.75, 3.05) is 13.9 Å². The Morgan fingerprint density at radius 2 is 2.39 bits per heavy atom. The van der Waals surface area contributed by atoms with Gasteiger partial charge in [0.05, 0.1) is 7.11 Å². The number of benzene rings is 1. The molecule has 0 radical (unpaired) electrons. The van der Waals surface area contributed by atoms with Crippen molar-refractivity contribution in [2.45, 2.75) is 12.5 Å². The molecule has 0 aliphatic carbocycles. The summed E-state index contributed by atoms with van der Waals surface area (Å²) in [6, 6.07) is 0.339. The third kappa shape index (κ3) is 2.04. The Labute approximate surface area is 102 Å². The minimum absolute atomic E-state index is 0.0282. The number of hydrogen-bond donors (Lipinski definition) is 2. The van der Waals surface area contributed by atoms with Crippen LogP contribution in [0.2, 0.25) is 0 Å². The fraction of sp³-hybridized carbons (Fsp3) is 0.364. The number of aliphatic carboxylic acids is 1. The largest absolute Gasteiger partial charge is 0.493 e. The Bertz CT molecular complexity index is 491. The summed E-state index contributed by atoms with van der Waals surface area (Å²) in [5, 5.41) is 8.75. The van der Waals surface area contributed by atoms with Crippen molar-refractivity contribution in [3.05, 3.63) is 17.4 Å². The average molecular weight is 257 g/mol.